The van der Waals surface area contributed by atoms with Crippen LogP contribution in [0.1, 0.15) is 27.0 Å². The van der Waals surface area contributed by atoms with E-state index in [-0.39, 0.29) is 29.9 Å². The molecule has 0 aromatic heterocycles. The van der Waals surface area contributed by atoms with E-state index in [9.17, 15) is 4.79 Å². The van der Waals surface area contributed by atoms with Crippen molar-refractivity contribution >= 4 is 35.8 Å². The van der Waals surface area contributed by atoms with Crippen molar-refractivity contribution in [1.82, 2.24) is 16.0 Å². The Bertz CT molecular complexity index is 791. The van der Waals surface area contributed by atoms with E-state index in [4.69, 9.17) is 4.74 Å². The number of carbonyl (C=O) groups is 1. The van der Waals surface area contributed by atoms with Gasteiger partial charge in [0.05, 0.1) is 7.11 Å². The summed E-state index contributed by atoms with van der Waals surface area (Å²) in [7, 11) is 5.06. The number of aryl methyl sites for hydroxylation is 1. The lowest BCUT2D eigenvalue weighted by Gasteiger charge is -2.14. The molecule has 2 aromatic carbocycles. The molecule has 0 unspecified atom stereocenters. The van der Waals surface area contributed by atoms with E-state index in [1.165, 1.54) is 11.1 Å². The van der Waals surface area contributed by atoms with Crippen molar-refractivity contribution in [3.8, 4) is 5.75 Å². The molecule has 6 nitrogen and oxygen atoms in total. The van der Waals surface area contributed by atoms with Gasteiger partial charge < -0.3 is 20.7 Å². The summed E-state index contributed by atoms with van der Waals surface area (Å²) in [6.07, 6.45) is 0.840. The summed E-state index contributed by atoms with van der Waals surface area (Å²) >= 11 is 0. The van der Waals surface area contributed by atoms with Crippen molar-refractivity contribution in [2.24, 2.45) is 4.99 Å². The van der Waals surface area contributed by atoms with Crippen LogP contribution in [0.2, 0.25) is 0 Å². The Hall–Kier alpha value is -2.29. The molecule has 0 bridgehead atoms. The van der Waals surface area contributed by atoms with Crippen molar-refractivity contribution < 1.29 is 9.53 Å². The van der Waals surface area contributed by atoms with Gasteiger partial charge in [0, 0.05) is 32.7 Å². The molecule has 0 saturated heterocycles. The quantitative estimate of drug-likeness (QED) is 0.313. The Balaban J connectivity index is 0.00000392. The second-order valence-corrected chi connectivity index (χ2v) is 6.19. The summed E-state index contributed by atoms with van der Waals surface area (Å²) in [5, 5.41) is 9.21. The molecule has 0 atom stereocenters. The van der Waals surface area contributed by atoms with E-state index in [1.54, 1.807) is 21.2 Å². The average molecular weight is 496 g/mol. The Labute approximate surface area is 184 Å². The number of aliphatic imine (C=N–C) groups is 1. The molecule has 0 spiro atoms. The predicted octanol–water partition coefficient (Wildman–Crippen LogP) is 2.89. The maximum absolute atomic E-state index is 11.6. The Morgan fingerprint density at radius 2 is 1.82 bits per heavy atom. The fourth-order valence-electron chi connectivity index (χ4n) is 2.74. The molecule has 0 aliphatic heterocycles. The van der Waals surface area contributed by atoms with Crippen molar-refractivity contribution in [2.75, 3.05) is 27.7 Å². The Morgan fingerprint density at radius 1 is 1.11 bits per heavy atom. The summed E-state index contributed by atoms with van der Waals surface area (Å²) in [5.74, 6) is 1.55. The van der Waals surface area contributed by atoms with Gasteiger partial charge in [0.15, 0.2) is 5.96 Å². The standard InChI is InChI=1S/C21H28N4O2.HI/c1-15-5-10-19(27-4)18(13-15)11-12-24-21(23-3)25-14-16-6-8-17(9-7-16)20(26)22-2;/h5-10,13H,11-12,14H2,1-4H3,(H,22,26)(H2,23,24,25);1H. The van der Waals surface area contributed by atoms with Gasteiger partial charge in [0.25, 0.3) is 5.91 Å². The Kier molecular flexibility index (Phi) is 10.4. The topological polar surface area (TPSA) is 74.8 Å². The highest BCUT2D eigenvalue weighted by atomic mass is 127. The van der Waals surface area contributed by atoms with Crippen LogP contribution < -0.4 is 20.7 Å². The van der Waals surface area contributed by atoms with E-state index >= 15 is 0 Å². The molecule has 7 heteroatoms. The number of benzene rings is 2. The highest BCUT2D eigenvalue weighted by molar-refractivity contribution is 14.0. The number of ether oxygens (including phenoxy) is 1. The van der Waals surface area contributed by atoms with Crippen LogP contribution in [0, 0.1) is 6.92 Å². The molecule has 1 amide bonds. The zero-order valence-corrected chi connectivity index (χ0v) is 19.2. The molecule has 2 rings (SSSR count). The minimum Gasteiger partial charge on any atom is -0.496 e. The van der Waals surface area contributed by atoms with Crippen LogP contribution in [-0.4, -0.2) is 39.6 Å². The summed E-state index contributed by atoms with van der Waals surface area (Å²) < 4.78 is 5.42. The van der Waals surface area contributed by atoms with Crippen LogP contribution in [-0.2, 0) is 13.0 Å². The lowest BCUT2D eigenvalue weighted by atomic mass is 10.1. The minimum atomic E-state index is -0.0847. The van der Waals surface area contributed by atoms with Gasteiger partial charge in [-0.1, -0.05) is 29.8 Å². The van der Waals surface area contributed by atoms with Crippen molar-refractivity contribution in [3.63, 3.8) is 0 Å². The minimum absolute atomic E-state index is 0. The summed E-state index contributed by atoms with van der Waals surface area (Å²) in [4.78, 5) is 15.8. The lowest BCUT2D eigenvalue weighted by Crippen LogP contribution is -2.37. The van der Waals surface area contributed by atoms with Crippen LogP contribution >= 0.6 is 24.0 Å². The van der Waals surface area contributed by atoms with Crippen LogP contribution in [0.5, 0.6) is 5.75 Å². The highest BCUT2D eigenvalue weighted by Crippen LogP contribution is 2.19. The smallest absolute Gasteiger partial charge is 0.251 e. The first-order valence-corrected chi connectivity index (χ1v) is 8.96. The number of halogens is 1. The number of rotatable bonds is 7. The number of hydrogen-bond acceptors (Lipinski definition) is 3. The number of hydrogen-bond donors (Lipinski definition) is 3. The molecule has 0 fully saturated rings. The SMILES string of the molecule is CN=C(NCCc1cc(C)ccc1OC)NCc1ccc(C(=O)NC)cc1.I. The first kappa shape index (κ1) is 23.7. The van der Waals surface area contributed by atoms with Gasteiger partial charge >= 0.3 is 0 Å². The number of nitrogens with one attached hydrogen (secondary N) is 3. The molecule has 2 aromatic rings. The molecular formula is C21H29IN4O2. The number of nitrogens with zero attached hydrogens (tertiary/aromatic N) is 1. The van der Waals surface area contributed by atoms with Crippen molar-refractivity contribution in [3.05, 3.63) is 64.7 Å². The molecule has 152 valence electrons. The largest absolute Gasteiger partial charge is 0.496 e. The molecule has 3 N–H and O–H groups in total. The van der Waals surface area contributed by atoms with E-state index < -0.39 is 0 Å². The van der Waals surface area contributed by atoms with Gasteiger partial charge in [0.2, 0.25) is 0 Å². The van der Waals surface area contributed by atoms with Gasteiger partial charge in [0.1, 0.15) is 5.75 Å². The molecule has 0 heterocycles. The molecule has 0 aliphatic rings. The Morgan fingerprint density at radius 3 is 2.43 bits per heavy atom. The van der Waals surface area contributed by atoms with Gasteiger partial charge in [-0.2, -0.15) is 0 Å². The van der Waals surface area contributed by atoms with Crippen LogP contribution in [0.4, 0.5) is 0 Å². The fourth-order valence-corrected chi connectivity index (χ4v) is 2.74. The second-order valence-electron chi connectivity index (χ2n) is 6.19. The molecule has 28 heavy (non-hydrogen) atoms. The van der Waals surface area contributed by atoms with E-state index in [0.29, 0.717) is 12.1 Å². The van der Waals surface area contributed by atoms with Crippen LogP contribution in [0.3, 0.4) is 0 Å². The fraction of sp³-hybridized carbons (Fsp3) is 0.333. The van der Waals surface area contributed by atoms with Gasteiger partial charge in [-0.25, -0.2) is 0 Å². The molecule has 0 radical (unpaired) electrons. The van der Waals surface area contributed by atoms with E-state index in [1.807, 2.05) is 36.4 Å². The first-order chi connectivity index (χ1) is 13.1. The molecule has 0 saturated carbocycles. The zero-order valence-electron chi connectivity index (χ0n) is 16.8. The van der Waals surface area contributed by atoms with Gasteiger partial charge in [-0.15, -0.1) is 24.0 Å². The summed E-state index contributed by atoms with van der Waals surface area (Å²) in [5.41, 5.74) is 4.11. The third-order valence-corrected chi connectivity index (χ3v) is 4.25. The number of carbonyl (C=O) groups excluding carboxylic acids is 1. The van der Waals surface area contributed by atoms with Crippen molar-refractivity contribution in [2.45, 2.75) is 19.9 Å². The third kappa shape index (κ3) is 7.03. The first-order valence-electron chi connectivity index (χ1n) is 8.96. The predicted molar refractivity (Wildman–Crippen MR) is 125 cm³/mol. The molecular weight excluding hydrogens is 467 g/mol. The number of amides is 1. The van der Waals surface area contributed by atoms with Gasteiger partial charge in [-0.3, -0.25) is 9.79 Å². The van der Waals surface area contributed by atoms with Crippen molar-refractivity contribution in [1.29, 1.82) is 0 Å². The van der Waals surface area contributed by atoms with Gasteiger partial charge in [-0.05, 0) is 42.7 Å². The summed E-state index contributed by atoms with van der Waals surface area (Å²) in [6.45, 7) is 3.45. The third-order valence-electron chi connectivity index (χ3n) is 4.25. The monoisotopic (exact) mass is 496 g/mol. The number of guanidine groups is 1. The maximum atomic E-state index is 11.6. The van der Waals surface area contributed by atoms with E-state index in [0.717, 1.165) is 30.2 Å². The van der Waals surface area contributed by atoms with E-state index in [2.05, 4.69) is 33.9 Å². The second kappa shape index (κ2) is 12.2. The zero-order chi connectivity index (χ0) is 19.6. The highest BCUT2D eigenvalue weighted by Gasteiger charge is 2.05. The average Bonchev–Trinajstić information content (AvgIpc) is 2.70. The normalized spacial score (nSPS) is 10.6. The maximum Gasteiger partial charge on any atom is 0.251 e. The molecule has 0 aliphatic carbocycles. The lowest BCUT2D eigenvalue weighted by molar-refractivity contribution is 0.0963. The number of methoxy groups -OCH3 is 1. The van der Waals surface area contributed by atoms with Crippen LogP contribution in [0.15, 0.2) is 47.5 Å². The summed E-state index contributed by atoms with van der Waals surface area (Å²) in [6, 6.07) is 13.7. The van der Waals surface area contributed by atoms with Crippen LogP contribution in [0.25, 0.3) is 0 Å².